The summed E-state index contributed by atoms with van der Waals surface area (Å²) in [5.74, 6) is 0.380. The van der Waals surface area contributed by atoms with Gasteiger partial charge in [-0.25, -0.2) is 4.39 Å². The van der Waals surface area contributed by atoms with Crippen LogP contribution in [0.5, 0.6) is 5.75 Å². The van der Waals surface area contributed by atoms with Gasteiger partial charge in [-0.05, 0) is 48.6 Å². The highest BCUT2D eigenvalue weighted by molar-refractivity contribution is 7.09. The number of pyridine rings is 1. The van der Waals surface area contributed by atoms with Crippen LogP contribution < -0.4 is 10.1 Å². The van der Waals surface area contributed by atoms with Crippen LogP contribution in [0.1, 0.15) is 23.3 Å². The van der Waals surface area contributed by atoms with Gasteiger partial charge in [0.2, 0.25) is 5.91 Å². The zero-order valence-electron chi connectivity index (χ0n) is 15.4. The molecule has 0 bridgehead atoms. The highest BCUT2D eigenvalue weighted by atomic mass is 32.1. The molecule has 1 N–H and O–H groups in total. The first-order chi connectivity index (χ1) is 13.7. The molecule has 1 atom stereocenters. The highest BCUT2D eigenvalue weighted by Crippen LogP contribution is 2.38. The molecule has 0 aliphatic carbocycles. The summed E-state index contributed by atoms with van der Waals surface area (Å²) in [6.45, 7) is 0.412. The molecule has 6 heteroatoms. The molecule has 1 aliphatic rings. The van der Waals surface area contributed by atoms with Gasteiger partial charge in [-0.15, -0.1) is 11.3 Å². The first kappa shape index (κ1) is 18.6. The van der Waals surface area contributed by atoms with Crippen molar-refractivity contribution in [1.29, 1.82) is 0 Å². The van der Waals surface area contributed by atoms with E-state index in [4.69, 9.17) is 4.74 Å². The lowest BCUT2D eigenvalue weighted by atomic mass is 10.0. The van der Waals surface area contributed by atoms with Crippen LogP contribution in [-0.2, 0) is 17.6 Å². The average Bonchev–Trinajstić information content (AvgIpc) is 3.36. The van der Waals surface area contributed by atoms with Gasteiger partial charge in [0.25, 0.3) is 0 Å². The number of hydrogen-bond acceptors (Lipinski definition) is 4. The van der Waals surface area contributed by atoms with Crippen LogP contribution in [0.4, 0.5) is 4.39 Å². The smallest absolute Gasteiger partial charge is 0.220 e. The summed E-state index contributed by atoms with van der Waals surface area (Å²) < 4.78 is 20.1. The van der Waals surface area contributed by atoms with E-state index >= 15 is 0 Å². The third-order valence-corrected chi connectivity index (χ3v) is 5.67. The maximum absolute atomic E-state index is 14.1. The van der Waals surface area contributed by atoms with Gasteiger partial charge in [-0.2, -0.15) is 0 Å². The normalized spacial score (nSPS) is 15.1. The van der Waals surface area contributed by atoms with Crippen molar-refractivity contribution in [1.82, 2.24) is 10.3 Å². The van der Waals surface area contributed by atoms with Crippen molar-refractivity contribution < 1.29 is 13.9 Å². The number of amides is 1. The highest BCUT2D eigenvalue weighted by Gasteiger charge is 2.27. The maximum atomic E-state index is 14.1. The lowest BCUT2D eigenvalue weighted by molar-refractivity contribution is -0.121. The van der Waals surface area contributed by atoms with E-state index in [0.29, 0.717) is 36.4 Å². The maximum Gasteiger partial charge on any atom is 0.220 e. The molecule has 1 aliphatic heterocycles. The van der Waals surface area contributed by atoms with Crippen molar-refractivity contribution in [2.45, 2.75) is 31.8 Å². The molecule has 0 spiro atoms. The fraction of sp³-hybridized carbons (Fsp3) is 0.273. The van der Waals surface area contributed by atoms with Gasteiger partial charge in [0.15, 0.2) is 0 Å². The number of rotatable bonds is 7. The number of carbonyl (C=O) groups excluding carboxylic acids is 1. The quantitative estimate of drug-likeness (QED) is 0.644. The molecule has 4 nitrogen and oxygen atoms in total. The zero-order valence-corrected chi connectivity index (χ0v) is 16.2. The Labute approximate surface area is 167 Å². The summed E-state index contributed by atoms with van der Waals surface area (Å²) in [5.41, 5.74) is 2.15. The molecule has 0 saturated carbocycles. The fourth-order valence-electron chi connectivity index (χ4n) is 3.41. The van der Waals surface area contributed by atoms with E-state index in [0.717, 1.165) is 18.4 Å². The van der Waals surface area contributed by atoms with Crippen LogP contribution in [0.25, 0.3) is 11.3 Å². The Morgan fingerprint density at radius 2 is 2.21 bits per heavy atom. The summed E-state index contributed by atoms with van der Waals surface area (Å²) in [7, 11) is 0. The zero-order chi connectivity index (χ0) is 19.3. The Balaban J connectivity index is 1.33. The van der Waals surface area contributed by atoms with E-state index in [1.54, 1.807) is 17.5 Å². The molecular weight excluding hydrogens is 375 g/mol. The Hall–Kier alpha value is -2.73. The Kier molecular flexibility index (Phi) is 5.67. The monoisotopic (exact) mass is 396 g/mol. The topological polar surface area (TPSA) is 51.2 Å². The van der Waals surface area contributed by atoms with Gasteiger partial charge in [0.1, 0.15) is 17.7 Å². The number of halogens is 1. The van der Waals surface area contributed by atoms with Crippen LogP contribution in [0.3, 0.4) is 0 Å². The van der Waals surface area contributed by atoms with Crippen molar-refractivity contribution in [3.8, 4) is 17.0 Å². The second-order valence-corrected chi connectivity index (χ2v) is 7.87. The van der Waals surface area contributed by atoms with Gasteiger partial charge in [-0.3, -0.25) is 9.78 Å². The predicted octanol–water partition coefficient (Wildman–Crippen LogP) is 4.39. The minimum absolute atomic E-state index is 0.0206. The second-order valence-electron chi connectivity index (χ2n) is 6.84. The minimum atomic E-state index is -0.304. The molecule has 144 valence electrons. The van der Waals surface area contributed by atoms with Crippen LogP contribution in [0.15, 0.2) is 54.0 Å². The molecule has 0 saturated heterocycles. The van der Waals surface area contributed by atoms with Gasteiger partial charge >= 0.3 is 0 Å². The Morgan fingerprint density at radius 3 is 3.00 bits per heavy atom. The van der Waals surface area contributed by atoms with Gasteiger partial charge in [0, 0.05) is 35.0 Å². The Bertz CT molecular complexity index is 945. The number of carbonyl (C=O) groups is 1. The molecule has 3 heterocycles. The number of ether oxygens (including phenoxy) is 1. The lowest BCUT2D eigenvalue weighted by Gasteiger charge is -2.13. The van der Waals surface area contributed by atoms with E-state index in [1.165, 1.54) is 17.0 Å². The van der Waals surface area contributed by atoms with E-state index in [9.17, 15) is 9.18 Å². The third kappa shape index (κ3) is 4.39. The van der Waals surface area contributed by atoms with Crippen LogP contribution >= 0.6 is 11.3 Å². The molecule has 4 rings (SSSR count). The van der Waals surface area contributed by atoms with Crippen LogP contribution in [-0.4, -0.2) is 23.5 Å². The third-order valence-electron chi connectivity index (χ3n) is 4.74. The van der Waals surface area contributed by atoms with E-state index < -0.39 is 0 Å². The summed E-state index contributed by atoms with van der Waals surface area (Å²) >= 11 is 1.71. The molecule has 1 unspecified atom stereocenters. The first-order valence-electron chi connectivity index (χ1n) is 9.38. The van der Waals surface area contributed by atoms with E-state index in [2.05, 4.69) is 16.4 Å². The molecule has 1 aromatic carbocycles. The largest absolute Gasteiger partial charge is 0.487 e. The van der Waals surface area contributed by atoms with E-state index in [1.807, 2.05) is 29.6 Å². The molecule has 1 amide bonds. The van der Waals surface area contributed by atoms with Crippen molar-refractivity contribution >= 4 is 17.2 Å². The number of nitrogens with zero attached hydrogens (tertiary/aromatic N) is 1. The number of aromatic nitrogens is 1. The first-order valence-corrected chi connectivity index (χ1v) is 10.3. The summed E-state index contributed by atoms with van der Waals surface area (Å²) in [6.07, 6.45) is 4.29. The van der Waals surface area contributed by atoms with Gasteiger partial charge in [0.05, 0.1) is 12.2 Å². The minimum Gasteiger partial charge on any atom is -0.487 e. The van der Waals surface area contributed by atoms with Crippen molar-refractivity contribution in [2.75, 3.05) is 6.54 Å². The number of hydrogen-bond donors (Lipinski definition) is 1. The number of benzene rings is 1. The molecule has 0 radical (unpaired) electrons. The lowest BCUT2D eigenvalue weighted by Crippen LogP contribution is -2.34. The summed E-state index contributed by atoms with van der Waals surface area (Å²) in [4.78, 5) is 17.7. The van der Waals surface area contributed by atoms with Crippen molar-refractivity contribution in [3.63, 3.8) is 0 Å². The van der Waals surface area contributed by atoms with Crippen LogP contribution in [0, 0.1) is 5.82 Å². The second kappa shape index (κ2) is 8.52. The van der Waals surface area contributed by atoms with Gasteiger partial charge < -0.3 is 10.1 Å². The number of thiophene rings is 1. The fourth-order valence-corrected chi connectivity index (χ4v) is 4.17. The molecule has 2 aromatic heterocycles. The van der Waals surface area contributed by atoms with E-state index in [-0.39, 0.29) is 17.8 Å². The number of aryl methyl sites for hydroxylation is 1. The van der Waals surface area contributed by atoms with Crippen molar-refractivity contribution in [3.05, 3.63) is 70.3 Å². The molecule has 3 aromatic rings. The van der Waals surface area contributed by atoms with Crippen LogP contribution in [0.2, 0.25) is 0 Å². The molecule has 28 heavy (non-hydrogen) atoms. The summed E-state index contributed by atoms with van der Waals surface area (Å²) in [6, 6.07) is 12.6. The molecular formula is C22H21FN2O2S. The summed E-state index contributed by atoms with van der Waals surface area (Å²) in [5, 5.41) is 4.99. The predicted molar refractivity (Wildman–Crippen MR) is 108 cm³/mol. The SMILES string of the molecule is O=C(CCCc1cccs1)NCC1Cc2cc(F)cc(-c3ccccn3)c2O1. The standard InChI is InChI=1S/C22H21FN2O2S/c23-16-11-15-12-17(14-25-21(26)8-3-5-18-6-4-10-28-18)27-22(15)19(13-16)20-7-1-2-9-24-20/h1-2,4,6-7,9-11,13,17H,3,5,8,12,14H2,(H,25,26). The number of nitrogens with one attached hydrogen (secondary N) is 1. The Morgan fingerprint density at radius 1 is 1.29 bits per heavy atom. The van der Waals surface area contributed by atoms with Crippen molar-refractivity contribution in [2.24, 2.45) is 0 Å². The molecule has 0 fully saturated rings. The number of fused-ring (bicyclic) bond motifs is 1. The van der Waals surface area contributed by atoms with Gasteiger partial charge in [-0.1, -0.05) is 12.1 Å². The average molecular weight is 396 g/mol.